The summed E-state index contributed by atoms with van der Waals surface area (Å²) >= 11 is 0. The van der Waals surface area contributed by atoms with Crippen LogP contribution in [0.3, 0.4) is 0 Å². The van der Waals surface area contributed by atoms with E-state index in [1.165, 1.54) is 0 Å². The normalized spacial score (nSPS) is 40.2. The number of aliphatic hydroxyl groups is 1. The van der Waals surface area contributed by atoms with Crippen LogP contribution in [0.15, 0.2) is 23.8 Å². The largest absolute Gasteiger partial charge is 0.377 e. The second kappa shape index (κ2) is 4.16. The first-order valence-electron chi connectivity index (χ1n) is 6.41. The Kier molecular flexibility index (Phi) is 3.06. The van der Waals surface area contributed by atoms with E-state index >= 15 is 0 Å². The van der Waals surface area contributed by atoms with Gasteiger partial charge in [0.05, 0.1) is 0 Å². The minimum absolute atomic E-state index is 0.0422. The molecule has 0 spiro atoms. The minimum atomic E-state index is -1.49. The summed E-state index contributed by atoms with van der Waals surface area (Å²) in [6, 6.07) is 0. The third kappa shape index (κ3) is 1.69. The number of carbonyl (C=O) groups is 2. The van der Waals surface area contributed by atoms with Gasteiger partial charge in [-0.2, -0.15) is 0 Å². The summed E-state index contributed by atoms with van der Waals surface area (Å²) in [5.74, 6) is -0.163. The number of hydrogen-bond acceptors (Lipinski definition) is 3. The molecule has 0 aliphatic heterocycles. The monoisotopic (exact) mass is 248 g/mol. The topological polar surface area (TPSA) is 54.4 Å². The number of rotatable bonds is 1. The molecule has 3 nitrogen and oxygen atoms in total. The average molecular weight is 248 g/mol. The molecule has 0 saturated heterocycles. The lowest BCUT2D eigenvalue weighted by molar-refractivity contribution is -0.148. The first-order valence-corrected chi connectivity index (χ1v) is 6.41. The van der Waals surface area contributed by atoms with Crippen LogP contribution in [0.5, 0.6) is 0 Å². The zero-order chi connectivity index (χ0) is 13.7. The Hall–Kier alpha value is -1.22. The summed E-state index contributed by atoms with van der Waals surface area (Å²) in [6.45, 7) is 9.19. The van der Waals surface area contributed by atoms with Gasteiger partial charge < -0.3 is 5.11 Å². The highest BCUT2D eigenvalue weighted by molar-refractivity contribution is 5.98. The van der Waals surface area contributed by atoms with Gasteiger partial charge in [-0.25, -0.2) is 0 Å². The molecule has 0 aromatic carbocycles. The van der Waals surface area contributed by atoms with Crippen LogP contribution in [0.1, 0.15) is 33.6 Å². The minimum Gasteiger partial charge on any atom is -0.377 e. The van der Waals surface area contributed by atoms with Crippen molar-refractivity contribution in [2.24, 2.45) is 17.8 Å². The maximum Gasteiger partial charge on any atom is 0.169 e. The highest BCUT2D eigenvalue weighted by Gasteiger charge is 2.53. The molecule has 4 atom stereocenters. The number of Topliss-reactive ketones (excluding diaryl/α,β-unsaturated/α-hetero) is 2. The van der Waals surface area contributed by atoms with E-state index in [0.717, 1.165) is 0 Å². The van der Waals surface area contributed by atoms with Crippen LogP contribution in [-0.4, -0.2) is 22.3 Å². The van der Waals surface area contributed by atoms with E-state index in [2.05, 4.69) is 6.58 Å². The van der Waals surface area contributed by atoms with E-state index in [-0.39, 0.29) is 29.3 Å². The van der Waals surface area contributed by atoms with Crippen LogP contribution >= 0.6 is 0 Å². The molecule has 0 radical (unpaired) electrons. The molecule has 1 fully saturated rings. The number of ketones is 2. The SMILES string of the molecule is C=C(C)C1(O)C(=O)CC(C)C2CC(=O)C(C)=CC21. The van der Waals surface area contributed by atoms with Crippen molar-refractivity contribution in [3.63, 3.8) is 0 Å². The molecule has 18 heavy (non-hydrogen) atoms. The van der Waals surface area contributed by atoms with Gasteiger partial charge in [-0.3, -0.25) is 9.59 Å². The van der Waals surface area contributed by atoms with Crippen molar-refractivity contribution in [1.82, 2.24) is 0 Å². The maximum atomic E-state index is 12.2. The smallest absolute Gasteiger partial charge is 0.169 e. The highest BCUT2D eigenvalue weighted by Crippen LogP contribution is 2.47. The summed E-state index contributed by atoms with van der Waals surface area (Å²) < 4.78 is 0. The van der Waals surface area contributed by atoms with Crippen molar-refractivity contribution in [3.05, 3.63) is 23.8 Å². The van der Waals surface area contributed by atoms with Crippen LogP contribution in [0.2, 0.25) is 0 Å². The molecule has 0 aromatic heterocycles. The summed E-state index contributed by atoms with van der Waals surface area (Å²) in [7, 11) is 0. The first kappa shape index (κ1) is 13.2. The molecule has 0 aromatic rings. The van der Waals surface area contributed by atoms with Crippen LogP contribution in [0.25, 0.3) is 0 Å². The Labute approximate surface area is 108 Å². The van der Waals surface area contributed by atoms with Gasteiger partial charge in [0.15, 0.2) is 11.6 Å². The van der Waals surface area contributed by atoms with Gasteiger partial charge in [-0.05, 0) is 36.8 Å². The molecule has 2 aliphatic rings. The van der Waals surface area contributed by atoms with Gasteiger partial charge in [0.25, 0.3) is 0 Å². The molecule has 0 heterocycles. The molecular weight excluding hydrogens is 228 g/mol. The second-order valence-corrected chi connectivity index (χ2v) is 5.82. The lowest BCUT2D eigenvalue weighted by Gasteiger charge is -2.47. The molecule has 0 amide bonds. The fraction of sp³-hybridized carbons (Fsp3) is 0.600. The molecule has 3 heteroatoms. The maximum absolute atomic E-state index is 12.2. The predicted octanol–water partition coefficient (Wildman–Crippen LogP) is 2.05. The standard InChI is InChI=1S/C15H20O3/c1-8(2)15(18)12-5-10(4)13(16)7-11(12)9(3)6-14(15)17/h5,9,11-12,18H,1,6-7H2,2-4H3. The van der Waals surface area contributed by atoms with Gasteiger partial charge in [0.2, 0.25) is 0 Å². The number of carbonyl (C=O) groups excluding carboxylic acids is 2. The number of fused-ring (bicyclic) bond motifs is 1. The van der Waals surface area contributed by atoms with Crippen molar-refractivity contribution in [3.8, 4) is 0 Å². The summed E-state index contributed by atoms with van der Waals surface area (Å²) in [5.41, 5.74) is -0.357. The van der Waals surface area contributed by atoms with E-state index in [1.54, 1.807) is 19.9 Å². The summed E-state index contributed by atoms with van der Waals surface area (Å²) in [4.78, 5) is 24.0. The van der Waals surface area contributed by atoms with Crippen molar-refractivity contribution < 1.29 is 14.7 Å². The van der Waals surface area contributed by atoms with Crippen molar-refractivity contribution >= 4 is 11.6 Å². The van der Waals surface area contributed by atoms with Gasteiger partial charge in [-0.1, -0.05) is 19.6 Å². The zero-order valence-corrected chi connectivity index (χ0v) is 11.2. The van der Waals surface area contributed by atoms with Gasteiger partial charge >= 0.3 is 0 Å². The molecule has 2 aliphatic carbocycles. The third-order valence-electron chi connectivity index (χ3n) is 4.55. The van der Waals surface area contributed by atoms with Crippen LogP contribution in [0, 0.1) is 17.8 Å². The zero-order valence-electron chi connectivity index (χ0n) is 11.2. The number of hydrogen-bond donors (Lipinski definition) is 1. The Balaban J connectivity index is 2.53. The van der Waals surface area contributed by atoms with Crippen molar-refractivity contribution in [1.29, 1.82) is 0 Å². The number of allylic oxidation sites excluding steroid dienone is 1. The average Bonchev–Trinajstić information content (AvgIpc) is 2.28. The summed E-state index contributed by atoms with van der Waals surface area (Å²) in [6.07, 6.45) is 2.53. The molecule has 1 N–H and O–H groups in total. The van der Waals surface area contributed by atoms with Crippen molar-refractivity contribution in [2.45, 2.75) is 39.2 Å². The Morgan fingerprint density at radius 1 is 1.44 bits per heavy atom. The van der Waals surface area contributed by atoms with E-state index in [9.17, 15) is 14.7 Å². The van der Waals surface area contributed by atoms with Crippen LogP contribution in [-0.2, 0) is 9.59 Å². The first-order chi connectivity index (χ1) is 8.28. The summed E-state index contributed by atoms with van der Waals surface area (Å²) in [5, 5.41) is 10.7. The fourth-order valence-electron chi connectivity index (χ4n) is 3.28. The second-order valence-electron chi connectivity index (χ2n) is 5.82. The lowest BCUT2D eigenvalue weighted by Crippen LogP contribution is -2.56. The van der Waals surface area contributed by atoms with Gasteiger partial charge in [-0.15, -0.1) is 0 Å². The molecule has 98 valence electrons. The molecule has 2 rings (SSSR count). The third-order valence-corrected chi connectivity index (χ3v) is 4.55. The quantitative estimate of drug-likeness (QED) is 0.723. The Morgan fingerprint density at radius 3 is 2.61 bits per heavy atom. The predicted molar refractivity (Wildman–Crippen MR) is 68.9 cm³/mol. The Morgan fingerprint density at radius 2 is 2.06 bits per heavy atom. The van der Waals surface area contributed by atoms with E-state index in [0.29, 0.717) is 24.0 Å². The van der Waals surface area contributed by atoms with E-state index in [4.69, 9.17) is 0 Å². The molecule has 0 bridgehead atoms. The van der Waals surface area contributed by atoms with Gasteiger partial charge in [0, 0.05) is 18.8 Å². The van der Waals surface area contributed by atoms with Crippen LogP contribution in [0.4, 0.5) is 0 Å². The van der Waals surface area contributed by atoms with Crippen molar-refractivity contribution in [2.75, 3.05) is 0 Å². The molecule has 1 saturated carbocycles. The van der Waals surface area contributed by atoms with Crippen LogP contribution < -0.4 is 0 Å². The lowest BCUT2D eigenvalue weighted by atomic mass is 9.58. The highest BCUT2D eigenvalue weighted by atomic mass is 16.3. The molecule has 4 unspecified atom stereocenters. The van der Waals surface area contributed by atoms with E-state index < -0.39 is 5.60 Å². The van der Waals surface area contributed by atoms with E-state index in [1.807, 2.05) is 6.92 Å². The van der Waals surface area contributed by atoms with Gasteiger partial charge in [0.1, 0.15) is 5.60 Å². The Bertz CT molecular complexity index is 460. The molecular formula is C15H20O3. The fourth-order valence-corrected chi connectivity index (χ4v) is 3.28.